The Morgan fingerprint density at radius 1 is 1.53 bits per heavy atom. The molecule has 2 unspecified atom stereocenters. The van der Waals surface area contributed by atoms with Gasteiger partial charge in [0.25, 0.3) is 0 Å². The van der Waals surface area contributed by atoms with E-state index in [0.717, 1.165) is 45.4 Å². The van der Waals surface area contributed by atoms with Crippen molar-refractivity contribution in [2.75, 3.05) is 26.8 Å². The minimum Gasteiger partial charge on any atom is -0.380 e. The van der Waals surface area contributed by atoms with Crippen LogP contribution in [0.5, 0.6) is 0 Å². The molecule has 1 rings (SSSR count). The third-order valence-corrected chi connectivity index (χ3v) is 4.03. The van der Waals surface area contributed by atoms with Gasteiger partial charge in [-0.1, -0.05) is 6.92 Å². The van der Waals surface area contributed by atoms with E-state index in [1.807, 2.05) is 0 Å². The molecule has 110 valence electrons. The van der Waals surface area contributed by atoms with Gasteiger partial charge in [0, 0.05) is 18.7 Å². The maximum atomic E-state index is 9.46. The molecule has 4 nitrogen and oxygen atoms in total. The van der Waals surface area contributed by atoms with Crippen LogP contribution in [0, 0.1) is 11.3 Å². The molecular formula is C15H29N3O. The lowest BCUT2D eigenvalue weighted by Crippen LogP contribution is -2.47. The Balaban J connectivity index is 2.37. The van der Waals surface area contributed by atoms with Gasteiger partial charge in [0.1, 0.15) is 5.54 Å². The molecule has 0 aromatic carbocycles. The number of rotatable bonds is 8. The summed E-state index contributed by atoms with van der Waals surface area (Å²) in [6, 6.07) is 3.40. The molecule has 1 aliphatic rings. The van der Waals surface area contributed by atoms with E-state index in [9.17, 15) is 5.26 Å². The lowest BCUT2D eigenvalue weighted by atomic mass is 9.91. The summed E-state index contributed by atoms with van der Waals surface area (Å²) < 4.78 is 5.41. The zero-order chi connectivity index (χ0) is 14.3. The summed E-state index contributed by atoms with van der Waals surface area (Å²) in [5, 5.41) is 12.9. The molecule has 19 heavy (non-hydrogen) atoms. The van der Waals surface area contributed by atoms with Gasteiger partial charge < -0.3 is 9.64 Å². The highest BCUT2D eigenvalue weighted by molar-refractivity contribution is 5.06. The minimum absolute atomic E-state index is 0.348. The highest BCUT2D eigenvalue weighted by Gasteiger charge is 2.28. The van der Waals surface area contributed by atoms with Crippen LogP contribution >= 0.6 is 0 Å². The van der Waals surface area contributed by atoms with Gasteiger partial charge in [0.05, 0.1) is 12.7 Å². The van der Waals surface area contributed by atoms with Gasteiger partial charge in [0.2, 0.25) is 0 Å². The number of ether oxygens (including phenoxy) is 1. The van der Waals surface area contributed by atoms with Crippen LogP contribution in [0.1, 0.15) is 46.5 Å². The summed E-state index contributed by atoms with van der Waals surface area (Å²) in [6.45, 7) is 9.08. The van der Waals surface area contributed by atoms with Crippen molar-refractivity contribution in [1.82, 2.24) is 10.2 Å². The predicted octanol–water partition coefficient (Wildman–Crippen LogP) is 2.16. The molecule has 1 saturated heterocycles. The van der Waals surface area contributed by atoms with E-state index in [1.165, 1.54) is 0 Å². The van der Waals surface area contributed by atoms with E-state index in [-0.39, 0.29) is 5.54 Å². The third kappa shape index (κ3) is 5.10. The highest BCUT2D eigenvalue weighted by atomic mass is 16.5. The maximum absolute atomic E-state index is 9.46. The topological polar surface area (TPSA) is 48.3 Å². The molecule has 2 atom stereocenters. The standard InChI is InChI=1S/C15H29N3O/c1-5-15(12-16,17-13(2)3)8-6-9-18(4)14-7-10-19-11-14/h13-14,17H,5-11H2,1-4H3. The molecule has 0 spiro atoms. The van der Waals surface area contributed by atoms with Gasteiger partial charge >= 0.3 is 0 Å². The molecule has 0 aromatic heterocycles. The fourth-order valence-electron chi connectivity index (χ4n) is 2.75. The minimum atomic E-state index is -0.360. The Labute approximate surface area is 118 Å². The van der Waals surface area contributed by atoms with E-state index in [2.05, 4.69) is 44.1 Å². The molecule has 1 fully saturated rings. The fourth-order valence-corrected chi connectivity index (χ4v) is 2.75. The third-order valence-electron chi connectivity index (χ3n) is 4.03. The van der Waals surface area contributed by atoms with Gasteiger partial charge in [-0.25, -0.2) is 0 Å². The van der Waals surface area contributed by atoms with Crippen LogP contribution in [0.4, 0.5) is 0 Å². The molecule has 0 aromatic rings. The Morgan fingerprint density at radius 3 is 2.74 bits per heavy atom. The summed E-state index contributed by atoms with van der Waals surface area (Å²) in [5.74, 6) is 0. The van der Waals surface area contributed by atoms with Crippen molar-refractivity contribution in [3.8, 4) is 6.07 Å². The number of nitrogens with one attached hydrogen (secondary N) is 1. The van der Waals surface area contributed by atoms with Crippen LogP contribution < -0.4 is 5.32 Å². The monoisotopic (exact) mass is 267 g/mol. The van der Waals surface area contributed by atoms with E-state index < -0.39 is 0 Å². The zero-order valence-corrected chi connectivity index (χ0v) is 12.9. The van der Waals surface area contributed by atoms with Crippen molar-refractivity contribution in [3.63, 3.8) is 0 Å². The first kappa shape index (κ1) is 16.4. The Bertz CT molecular complexity index is 294. The molecule has 0 bridgehead atoms. The first-order chi connectivity index (χ1) is 9.03. The Morgan fingerprint density at radius 2 is 2.26 bits per heavy atom. The average Bonchev–Trinajstić information content (AvgIpc) is 2.90. The molecule has 0 radical (unpaired) electrons. The summed E-state index contributed by atoms with van der Waals surface area (Å²) in [5.41, 5.74) is -0.360. The number of likely N-dealkylation sites (N-methyl/N-ethyl adjacent to an activating group) is 1. The molecule has 1 N–H and O–H groups in total. The number of hydrogen-bond donors (Lipinski definition) is 1. The molecule has 0 saturated carbocycles. The molecule has 4 heteroatoms. The zero-order valence-electron chi connectivity index (χ0n) is 12.9. The van der Waals surface area contributed by atoms with Gasteiger partial charge in [-0.3, -0.25) is 5.32 Å². The van der Waals surface area contributed by atoms with Crippen LogP contribution in [-0.4, -0.2) is 49.3 Å². The normalized spacial score (nSPS) is 22.7. The van der Waals surface area contributed by atoms with Gasteiger partial charge in [-0.05, 0) is 53.1 Å². The lowest BCUT2D eigenvalue weighted by Gasteiger charge is -2.30. The second kappa shape index (κ2) is 7.84. The molecule has 0 amide bonds. The summed E-state index contributed by atoms with van der Waals surface area (Å²) in [4.78, 5) is 2.38. The molecule has 0 aliphatic carbocycles. The van der Waals surface area contributed by atoms with E-state index in [4.69, 9.17) is 4.74 Å². The van der Waals surface area contributed by atoms with Gasteiger partial charge in [-0.15, -0.1) is 0 Å². The largest absolute Gasteiger partial charge is 0.380 e. The van der Waals surface area contributed by atoms with Crippen LogP contribution in [0.15, 0.2) is 0 Å². The predicted molar refractivity (Wildman–Crippen MR) is 78.0 cm³/mol. The quantitative estimate of drug-likeness (QED) is 0.732. The number of hydrogen-bond acceptors (Lipinski definition) is 4. The summed E-state index contributed by atoms with van der Waals surface area (Å²) >= 11 is 0. The second-order valence-corrected chi connectivity index (χ2v) is 5.95. The lowest BCUT2D eigenvalue weighted by molar-refractivity contribution is 0.156. The molecule has 1 aliphatic heterocycles. The summed E-state index contributed by atoms with van der Waals surface area (Å²) in [7, 11) is 2.16. The number of nitrogens with zero attached hydrogens (tertiary/aromatic N) is 2. The van der Waals surface area contributed by atoms with Crippen LogP contribution in [0.25, 0.3) is 0 Å². The maximum Gasteiger partial charge on any atom is 0.106 e. The van der Waals surface area contributed by atoms with Gasteiger partial charge in [0.15, 0.2) is 0 Å². The number of nitriles is 1. The second-order valence-electron chi connectivity index (χ2n) is 5.95. The van der Waals surface area contributed by atoms with Gasteiger partial charge in [-0.2, -0.15) is 5.26 Å². The van der Waals surface area contributed by atoms with Crippen molar-refractivity contribution < 1.29 is 4.74 Å². The van der Waals surface area contributed by atoms with E-state index in [1.54, 1.807) is 0 Å². The van der Waals surface area contributed by atoms with Crippen molar-refractivity contribution in [3.05, 3.63) is 0 Å². The molecule has 1 heterocycles. The first-order valence-corrected chi connectivity index (χ1v) is 7.50. The van der Waals surface area contributed by atoms with Crippen molar-refractivity contribution in [2.24, 2.45) is 0 Å². The molecular weight excluding hydrogens is 238 g/mol. The average molecular weight is 267 g/mol. The first-order valence-electron chi connectivity index (χ1n) is 7.50. The smallest absolute Gasteiger partial charge is 0.106 e. The SMILES string of the molecule is CCC(C#N)(CCCN(C)C1CCOC1)NC(C)C. The van der Waals surface area contributed by atoms with E-state index >= 15 is 0 Å². The highest BCUT2D eigenvalue weighted by Crippen LogP contribution is 2.19. The Hall–Kier alpha value is -0.630. The fraction of sp³-hybridized carbons (Fsp3) is 0.933. The van der Waals surface area contributed by atoms with Crippen molar-refractivity contribution in [2.45, 2.75) is 64.1 Å². The van der Waals surface area contributed by atoms with Crippen LogP contribution in [-0.2, 0) is 4.74 Å². The van der Waals surface area contributed by atoms with Crippen molar-refractivity contribution in [1.29, 1.82) is 5.26 Å². The Kier molecular flexibility index (Phi) is 6.78. The van der Waals surface area contributed by atoms with Crippen LogP contribution in [0.2, 0.25) is 0 Å². The van der Waals surface area contributed by atoms with Crippen LogP contribution in [0.3, 0.4) is 0 Å². The van der Waals surface area contributed by atoms with Crippen molar-refractivity contribution >= 4 is 0 Å². The van der Waals surface area contributed by atoms with E-state index in [0.29, 0.717) is 12.1 Å². The summed E-state index contributed by atoms with van der Waals surface area (Å²) in [6.07, 6.45) is 3.96.